The number of aryl methyl sites for hydroxylation is 2. The van der Waals surface area contributed by atoms with Gasteiger partial charge in [-0.2, -0.15) is 0 Å². The molecule has 0 heterocycles. The second-order valence-corrected chi connectivity index (χ2v) is 7.58. The molecule has 148 valence electrons. The Hall–Kier alpha value is -2.80. The maximum atomic E-state index is 12.1. The Labute approximate surface area is 168 Å². The van der Waals surface area contributed by atoms with Crippen molar-refractivity contribution in [3.05, 3.63) is 59.2 Å². The van der Waals surface area contributed by atoms with Crippen LogP contribution in [0, 0.1) is 13.8 Å². The molecule has 7 heteroatoms. The van der Waals surface area contributed by atoms with Gasteiger partial charge in [-0.25, -0.2) is 0 Å². The molecule has 28 heavy (non-hydrogen) atoms. The number of nitrogens with two attached hydrogens (primary N) is 1. The van der Waals surface area contributed by atoms with Crippen LogP contribution in [0.1, 0.15) is 34.8 Å². The number of hydrogen-bond acceptors (Lipinski definition) is 5. The molecule has 0 saturated heterocycles. The number of rotatable bonds is 8. The lowest BCUT2D eigenvalue weighted by molar-refractivity contribution is -0.152. The van der Waals surface area contributed by atoms with Gasteiger partial charge in [0.25, 0.3) is 5.91 Å². The molecule has 0 aliphatic carbocycles. The third-order valence-corrected chi connectivity index (χ3v) is 5.16. The highest BCUT2D eigenvalue weighted by atomic mass is 32.2. The summed E-state index contributed by atoms with van der Waals surface area (Å²) >= 11 is 1.57. The van der Waals surface area contributed by atoms with Gasteiger partial charge >= 0.3 is 5.97 Å². The quantitative estimate of drug-likeness (QED) is 0.522. The molecule has 0 fully saturated rings. The standard InChI is InChI=1S/C21H24N2O4S/c1-13-4-9-18(12-14(13)2)28-11-10-19(24)27-15(3)21(26)23-17-7-5-16(6-8-17)20(22)25/h4-9,12,15H,10-11H2,1-3H3,(H2,22,25)(H,23,26)/t15-/m1/s1. The summed E-state index contributed by atoms with van der Waals surface area (Å²) in [6, 6.07) is 12.3. The first-order valence-electron chi connectivity index (χ1n) is 8.86. The van der Waals surface area contributed by atoms with Gasteiger partial charge in [-0.05, 0) is 68.3 Å². The summed E-state index contributed by atoms with van der Waals surface area (Å²) < 4.78 is 5.19. The summed E-state index contributed by atoms with van der Waals surface area (Å²) in [6.45, 7) is 5.62. The number of benzene rings is 2. The van der Waals surface area contributed by atoms with Crippen LogP contribution >= 0.6 is 11.8 Å². The molecule has 0 unspecified atom stereocenters. The van der Waals surface area contributed by atoms with Gasteiger partial charge in [0.1, 0.15) is 0 Å². The Morgan fingerprint density at radius 3 is 2.36 bits per heavy atom. The van der Waals surface area contributed by atoms with Gasteiger partial charge in [-0.1, -0.05) is 6.07 Å². The number of thioether (sulfide) groups is 1. The van der Waals surface area contributed by atoms with Gasteiger partial charge in [-0.3, -0.25) is 14.4 Å². The van der Waals surface area contributed by atoms with Crippen LogP contribution in [0.4, 0.5) is 5.69 Å². The molecule has 2 aromatic rings. The maximum Gasteiger partial charge on any atom is 0.307 e. The van der Waals surface area contributed by atoms with E-state index in [-0.39, 0.29) is 6.42 Å². The second kappa shape index (κ2) is 9.94. The number of esters is 1. The molecular formula is C21H24N2O4S. The topological polar surface area (TPSA) is 98.5 Å². The minimum atomic E-state index is -0.921. The summed E-state index contributed by atoms with van der Waals surface area (Å²) in [6.07, 6.45) is -0.711. The molecular weight excluding hydrogens is 376 g/mol. The molecule has 6 nitrogen and oxygen atoms in total. The highest BCUT2D eigenvalue weighted by Gasteiger charge is 2.18. The zero-order valence-corrected chi connectivity index (χ0v) is 17.0. The molecule has 0 aliphatic heterocycles. The monoisotopic (exact) mass is 400 g/mol. The largest absolute Gasteiger partial charge is 0.453 e. The van der Waals surface area contributed by atoms with E-state index in [0.717, 1.165) is 4.90 Å². The fourth-order valence-corrected chi connectivity index (χ4v) is 3.26. The Morgan fingerprint density at radius 1 is 1.07 bits per heavy atom. The summed E-state index contributed by atoms with van der Waals surface area (Å²) in [5.41, 5.74) is 8.45. The first-order valence-corrected chi connectivity index (χ1v) is 9.85. The van der Waals surface area contributed by atoms with Crippen LogP contribution in [0.15, 0.2) is 47.4 Å². The van der Waals surface area contributed by atoms with Crippen LogP contribution in [0.2, 0.25) is 0 Å². The zero-order valence-electron chi connectivity index (χ0n) is 16.2. The lowest BCUT2D eigenvalue weighted by Gasteiger charge is -2.13. The van der Waals surface area contributed by atoms with E-state index in [9.17, 15) is 14.4 Å². The van der Waals surface area contributed by atoms with Crippen molar-refractivity contribution in [1.29, 1.82) is 0 Å². The Balaban J connectivity index is 1.76. The van der Waals surface area contributed by atoms with Crippen LogP contribution in [0.5, 0.6) is 0 Å². The molecule has 0 bridgehead atoms. The van der Waals surface area contributed by atoms with Crippen molar-refractivity contribution in [2.24, 2.45) is 5.73 Å². The van der Waals surface area contributed by atoms with E-state index in [1.165, 1.54) is 30.2 Å². The second-order valence-electron chi connectivity index (χ2n) is 6.41. The molecule has 0 aromatic heterocycles. The average Bonchev–Trinajstić information content (AvgIpc) is 2.65. The number of hydrogen-bond donors (Lipinski definition) is 2. The van der Waals surface area contributed by atoms with E-state index < -0.39 is 23.9 Å². The number of ether oxygens (including phenoxy) is 1. The van der Waals surface area contributed by atoms with E-state index in [2.05, 4.69) is 31.3 Å². The third-order valence-electron chi connectivity index (χ3n) is 4.17. The Morgan fingerprint density at radius 2 is 1.75 bits per heavy atom. The number of carbonyl (C=O) groups is 3. The number of anilines is 1. The Kier molecular flexibility index (Phi) is 7.63. The van der Waals surface area contributed by atoms with Crippen LogP contribution in [0.3, 0.4) is 0 Å². The fourth-order valence-electron chi connectivity index (χ4n) is 2.33. The van der Waals surface area contributed by atoms with Crippen molar-refractivity contribution in [1.82, 2.24) is 0 Å². The Bertz CT molecular complexity index is 865. The predicted octanol–water partition coefficient (Wildman–Crippen LogP) is 3.45. The van der Waals surface area contributed by atoms with Crippen LogP contribution in [-0.4, -0.2) is 29.6 Å². The molecule has 1 atom stereocenters. The van der Waals surface area contributed by atoms with Gasteiger partial charge in [-0.15, -0.1) is 11.8 Å². The molecule has 2 amide bonds. The number of primary amides is 1. The highest BCUT2D eigenvalue weighted by molar-refractivity contribution is 7.99. The van der Waals surface area contributed by atoms with Crippen molar-refractivity contribution in [3.63, 3.8) is 0 Å². The first-order chi connectivity index (χ1) is 13.3. The summed E-state index contributed by atoms with van der Waals surface area (Å²) in [5.74, 6) is -0.839. The predicted molar refractivity (Wildman–Crippen MR) is 110 cm³/mol. The first kappa shape index (κ1) is 21.5. The fraction of sp³-hybridized carbons (Fsp3) is 0.286. The molecule has 2 rings (SSSR count). The number of carbonyl (C=O) groups excluding carboxylic acids is 3. The zero-order chi connectivity index (χ0) is 20.7. The molecule has 0 spiro atoms. The van der Waals surface area contributed by atoms with Crippen LogP contribution < -0.4 is 11.1 Å². The molecule has 0 radical (unpaired) electrons. The van der Waals surface area contributed by atoms with Crippen LogP contribution in [-0.2, 0) is 14.3 Å². The van der Waals surface area contributed by atoms with Gasteiger partial charge in [0, 0.05) is 21.9 Å². The smallest absolute Gasteiger partial charge is 0.307 e. The normalized spacial score (nSPS) is 11.5. The van der Waals surface area contributed by atoms with Crippen LogP contribution in [0.25, 0.3) is 0 Å². The summed E-state index contributed by atoms with van der Waals surface area (Å²) in [4.78, 5) is 36.3. The van der Waals surface area contributed by atoms with Crippen molar-refractivity contribution in [2.75, 3.05) is 11.1 Å². The number of nitrogens with one attached hydrogen (secondary N) is 1. The maximum absolute atomic E-state index is 12.1. The van der Waals surface area contributed by atoms with Gasteiger partial charge in [0.05, 0.1) is 6.42 Å². The van der Waals surface area contributed by atoms with Crippen molar-refractivity contribution in [3.8, 4) is 0 Å². The average molecular weight is 401 g/mol. The van der Waals surface area contributed by atoms with E-state index in [0.29, 0.717) is 17.0 Å². The minimum absolute atomic E-state index is 0.211. The summed E-state index contributed by atoms with van der Waals surface area (Å²) in [5, 5.41) is 2.63. The van der Waals surface area contributed by atoms with Crippen molar-refractivity contribution < 1.29 is 19.1 Å². The SMILES string of the molecule is Cc1ccc(SCCC(=O)O[C@H](C)C(=O)Nc2ccc(C(N)=O)cc2)cc1C. The van der Waals surface area contributed by atoms with Gasteiger partial charge in [0.15, 0.2) is 6.10 Å². The van der Waals surface area contributed by atoms with Gasteiger partial charge < -0.3 is 15.8 Å². The van der Waals surface area contributed by atoms with E-state index in [1.54, 1.807) is 23.9 Å². The van der Waals surface area contributed by atoms with E-state index >= 15 is 0 Å². The van der Waals surface area contributed by atoms with Gasteiger partial charge in [0.2, 0.25) is 5.91 Å². The van der Waals surface area contributed by atoms with Crippen molar-refractivity contribution >= 4 is 35.2 Å². The minimum Gasteiger partial charge on any atom is -0.453 e. The summed E-state index contributed by atoms with van der Waals surface area (Å²) in [7, 11) is 0. The van der Waals surface area contributed by atoms with E-state index in [1.807, 2.05) is 6.07 Å². The molecule has 0 saturated carbocycles. The van der Waals surface area contributed by atoms with E-state index in [4.69, 9.17) is 10.5 Å². The highest BCUT2D eigenvalue weighted by Crippen LogP contribution is 2.22. The number of amides is 2. The molecule has 0 aliphatic rings. The third kappa shape index (κ3) is 6.42. The van der Waals surface area contributed by atoms with Crippen molar-refractivity contribution in [2.45, 2.75) is 38.2 Å². The molecule has 2 aromatic carbocycles. The lowest BCUT2D eigenvalue weighted by Crippen LogP contribution is -2.30. The molecule has 3 N–H and O–H groups in total. The lowest BCUT2D eigenvalue weighted by atomic mass is 10.1.